The van der Waals surface area contributed by atoms with Gasteiger partial charge in [-0.3, -0.25) is 9.13 Å². The first-order valence-electron chi connectivity index (χ1n) is 9.81. The molecule has 1 saturated heterocycles. The van der Waals surface area contributed by atoms with Crippen molar-refractivity contribution >= 4 is 24.6 Å². The predicted octanol–water partition coefficient (Wildman–Crippen LogP) is 0.0811. The molecular weight excluding hydrogens is 455 g/mol. The zero-order valence-corrected chi connectivity index (χ0v) is 18.0. The van der Waals surface area contributed by atoms with Crippen LogP contribution in [-0.4, -0.2) is 70.8 Å². The zero-order valence-electron chi connectivity index (χ0n) is 17.1. The van der Waals surface area contributed by atoms with Crippen LogP contribution in [0.15, 0.2) is 36.9 Å². The Morgan fingerprint density at radius 1 is 1.24 bits per heavy atom. The number of nitriles is 1. The number of nitrogens with zero attached hydrogens (tertiary/aromatic N) is 5. The largest absolute Gasteiger partial charge is 0.387 e. The molecule has 2 aromatic heterocycles. The van der Waals surface area contributed by atoms with E-state index in [2.05, 4.69) is 26.3 Å². The van der Waals surface area contributed by atoms with Gasteiger partial charge in [0.05, 0.1) is 24.6 Å². The topological polar surface area (TPSA) is 196 Å². The van der Waals surface area contributed by atoms with Crippen molar-refractivity contribution in [1.29, 1.82) is 5.26 Å². The molecule has 1 aromatic carbocycles. The van der Waals surface area contributed by atoms with Crippen molar-refractivity contribution in [3.05, 3.63) is 48.0 Å². The van der Waals surface area contributed by atoms with Crippen LogP contribution in [-0.2, 0) is 20.6 Å². The lowest BCUT2D eigenvalue weighted by Crippen LogP contribution is -2.33. The maximum absolute atomic E-state index is 10.9. The fourth-order valence-electron chi connectivity index (χ4n) is 3.49. The summed E-state index contributed by atoms with van der Waals surface area (Å²) < 4.78 is 23.0. The molecule has 4 rings (SSSR count). The third-order valence-electron chi connectivity index (χ3n) is 5.03. The van der Waals surface area contributed by atoms with E-state index in [0.717, 1.165) is 5.56 Å². The molecule has 0 unspecified atom stereocenters. The third-order valence-corrected chi connectivity index (χ3v) is 5.55. The van der Waals surface area contributed by atoms with E-state index in [0.29, 0.717) is 29.1 Å². The van der Waals surface area contributed by atoms with Crippen molar-refractivity contribution in [1.82, 2.24) is 19.5 Å². The smallest absolute Gasteiger partial charge is 0.350 e. The van der Waals surface area contributed by atoms with Gasteiger partial charge >= 0.3 is 7.60 Å². The van der Waals surface area contributed by atoms with Crippen molar-refractivity contribution in [2.75, 3.05) is 18.3 Å². The number of hydrogen-bond acceptors (Lipinski definition) is 10. The first-order chi connectivity index (χ1) is 15.8. The molecule has 4 atom stereocenters. The number of imidazole rings is 1. The SMILES string of the molecule is N#Cc1cccc(CNc2ncnc3c2ncn3[C@@H]2O[C@H](COCP(=O)(O)O)[C@@H](O)[C@H]2O)c1. The highest BCUT2D eigenvalue weighted by molar-refractivity contribution is 7.51. The summed E-state index contributed by atoms with van der Waals surface area (Å²) in [6.45, 7) is 0.0603. The van der Waals surface area contributed by atoms with E-state index >= 15 is 0 Å². The minimum absolute atomic E-state index is 0.323. The Bertz CT molecular complexity index is 1220. The van der Waals surface area contributed by atoms with E-state index in [9.17, 15) is 14.8 Å². The van der Waals surface area contributed by atoms with Crippen molar-refractivity contribution in [3.8, 4) is 6.07 Å². The summed E-state index contributed by atoms with van der Waals surface area (Å²) in [4.78, 5) is 30.5. The van der Waals surface area contributed by atoms with Crippen molar-refractivity contribution in [2.24, 2.45) is 0 Å². The van der Waals surface area contributed by atoms with Crippen LogP contribution in [0.5, 0.6) is 0 Å². The van der Waals surface area contributed by atoms with E-state index < -0.39 is 38.5 Å². The maximum atomic E-state index is 10.9. The predicted molar refractivity (Wildman–Crippen MR) is 113 cm³/mol. The molecule has 13 nitrogen and oxygen atoms in total. The number of anilines is 1. The van der Waals surface area contributed by atoms with Gasteiger partial charge in [-0.05, 0) is 17.7 Å². The molecule has 33 heavy (non-hydrogen) atoms. The van der Waals surface area contributed by atoms with Crippen LogP contribution in [0.3, 0.4) is 0 Å². The summed E-state index contributed by atoms with van der Waals surface area (Å²) in [5.41, 5.74) is 2.15. The second kappa shape index (κ2) is 9.50. The van der Waals surface area contributed by atoms with E-state index in [4.69, 9.17) is 24.5 Å². The van der Waals surface area contributed by atoms with Crippen LogP contribution in [0.25, 0.3) is 11.2 Å². The van der Waals surface area contributed by atoms with Gasteiger partial charge in [-0.15, -0.1) is 0 Å². The molecule has 14 heteroatoms. The van der Waals surface area contributed by atoms with E-state index in [1.807, 2.05) is 6.07 Å². The van der Waals surface area contributed by atoms with E-state index in [1.54, 1.807) is 18.2 Å². The van der Waals surface area contributed by atoms with Crippen LogP contribution < -0.4 is 5.32 Å². The van der Waals surface area contributed by atoms with Gasteiger partial charge < -0.3 is 34.8 Å². The number of aromatic nitrogens is 4. The summed E-state index contributed by atoms with van der Waals surface area (Å²) >= 11 is 0. The minimum Gasteiger partial charge on any atom is -0.387 e. The molecular formula is C19H21N6O7P. The summed E-state index contributed by atoms with van der Waals surface area (Å²) in [5.74, 6) is 0.427. The quantitative estimate of drug-likeness (QED) is 0.275. The number of rotatable bonds is 8. The first kappa shape index (κ1) is 23.2. The number of fused-ring (bicyclic) bond motifs is 1. The molecule has 0 saturated carbocycles. The van der Waals surface area contributed by atoms with Gasteiger partial charge in [-0.1, -0.05) is 12.1 Å². The molecule has 0 bridgehead atoms. The molecule has 0 spiro atoms. The Morgan fingerprint density at radius 3 is 2.82 bits per heavy atom. The molecule has 1 aliphatic heterocycles. The van der Waals surface area contributed by atoms with Gasteiger partial charge in [0.25, 0.3) is 0 Å². The molecule has 0 amide bonds. The Hall–Kier alpha value is -2.95. The van der Waals surface area contributed by atoms with Gasteiger partial charge in [0, 0.05) is 6.54 Å². The molecule has 3 heterocycles. The molecule has 1 fully saturated rings. The lowest BCUT2D eigenvalue weighted by Gasteiger charge is -2.16. The number of hydrogen-bond donors (Lipinski definition) is 5. The van der Waals surface area contributed by atoms with Crippen LogP contribution in [0.4, 0.5) is 5.82 Å². The normalized spacial score (nSPS) is 23.0. The minimum atomic E-state index is -4.37. The molecule has 0 radical (unpaired) electrons. The standard InChI is InChI=1S/C19H21N6O7P/c20-5-11-2-1-3-12(4-11)6-21-17-14-18(23-8-22-17)25(9-24-14)19-16(27)15(26)13(32-19)7-31-10-33(28,29)30/h1-4,8-9,13,15-16,19,26-27H,6-7,10H2,(H,21,22,23)(H2,28,29,30)/t13-,15-,16-,19-/m1/s1. The third kappa shape index (κ3) is 5.18. The van der Waals surface area contributed by atoms with Gasteiger partial charge in [-0.2, -0.15) is 5.26 Å². The Morgan fingerprint density at radius 2 is 2.06 bits per heavy atom. The van der Waals surface area contributed by atoms with Crippen LogP contribution in [0, 0.1) is 11.3 Å². The van der Waals surface area contributed by atoms with E-state index in [1.165, 1.54) is 17.2 Å². The Kier molecular flexibility index (Phi) is 6.68. The van der Waals surface area contributed by atoms with Gasteiger partial charge in [0.15, 0.2) is 23.2 Å². The maximum Gasteiger partial charge on any atom is 0.350 e. The van der Waals surface area contributed by atoms with Crippen LogP contribution >= 0.6 is 7.60 Å². The van der Waals surface area contributed by atoms with Gasteiger partial charge in [0.1, 0.15) is 31.0 Å². The van der Waals surface area contributed by atoms with Gasteiger partial charge in [0.2, 0.25) is 0 Å². The average molecular weight is 476 g/mol. The van der Waals surface area contributed by atoms with E-state index in [-0.39, 0.29) is 6.61 Å². The Labute approximate surface area is 187 Å². The second-order valence-corrected chi connectivity index (χ2v) is 9.01. The monoisotopic (exact) mass is 476 g/mol. The first-order valence-corrected chi connectivity index (χ1v) is 11.6. The highest BCUT2D eigenvalue weighted by atomic mass is 31.2. The average Bonchev–Trinajstić information content (AvgIpc) is 3.33. The fourth-order valence-corrected chi connectivity index (χ4v) is 3.83. The summed E-state index contributed by atoms with van der Waals surface area (Å²) in [7, 11) is -4.37. The van der Waals surface area contributed by atoms with Crippen molar-refractivity contribution < 1.29 is 34.0 Å². The lowest BCUT2D eigenvalue weighted by molar-refractivity contribution is -0.0612. The van der Waals surface area contributed by atoms with Crippen molar-refractivity contribution in [2.45, 2.75) is 31.1 Å². The molecule has 1 aliphatic rings. The number of nitrogens with one attached hydrogen (secondary N) is 1. The number of ether oxygens (including phenoxy) is 2. The number of aliphatic hydroxyl groups excluding tert-OH is 2. The highest BCUT2D eigenvalue weighted by Crippen LogP contribution is 2.36. The summed E-state index contributed by atoms with van der Waals surface area (Å²) in [6, 6.07) is 9.19. The highest BCUT2D eigenvalue weighted by Gasteiger charge is 2.44. The lowest BCUT2D eigenvalue weighted by atomic mass is 10.1. The number of benzene rings is 1. The van der Waals surface area contributed by atoms with Gasteiger partial charge in [-0.25, -0.2) is 15.0 Å². The molecule has 5 N–H and O–H groups in total. The van der Waals surface area contributed by atoms with Crippen molar-refractivity contribution in [3.63, 3.8) is 0 Å². The Balaban J connectivity index is 1.50. The van der Waals surface area contributed by atoms with Crippen LogP contribution in [0.2, 0.25) is 0 Å². The molecule has 3 aromatic rings. The second-order valence-electron chi connectivity index (χ2n) is 7.42. The molecule has 174 valence electrons. The summed E-state index contributed by atoms with van der Waals surface area (Å²) in [5, 5.41) is 32.9. The summed E-state index contributed by atoms with van der Waals surface area (Å²) in [6.07, 6.45) is -2.90. The van der Waals surface area contributed by atoms with Crippen LogP contribution in [0.1, 0.15) is 17.4 Å². The number of aliphatic hydroxyl groups is 2. The fraction of sp³-hybridized carbons (Fsp3) is 0.368. The molecule has 0 aliphatic carbocycles. The zero-order chi connectivity index (χ0) is 23.6.